The molecule has 0 radical (unpaired) electrons. The van der Waals surface area contributed by atoms with Gasteiger partial charge in [0.15, 0.2) is 0 Å². The van der Waals surface area contributed by atoms with Gasteiger partial charge in [-0.15, -0.1) is 0 Å². The number of nitrogen functional groups attached to an aromatic ring is 1. The predicted octanol–water partition coefficient (Wildman–Crippen LogP) is 1.12. The highest BCUT2D eigenvalue weighted by molar-refractivity contribution is 5.48. The summed E-state index contributed by atoms with van der Waals surface area (Å²) in [7, 11) is 2.02. The fraction of sp³-hybridized carbons (Fsp3) is 0.692. The summed E-state index contributed by atoms with van der Waals surface area (Å²) in [5.41, 5.74) is 5.92. The van der Waals surface area contributed by atoms with Crippen molar-refractivity contribution in [1.82, 2.24) is 15.3 Å². The summed E-state index contributed by atoms with van der Waals surface area (Å²) in [5.74, 6) is 3.09. The fourth-order valence-corrected chi connectivity index (χ4v) is 2.69. The molecule has 2 fully saturated rings. The summed E-state index contributed by atoms with van der Waals surface area (Å²) in [5, 5.41) is 3.32. The topological polar surface area (TPSA) is 67.1 Å². The number of rotatable bonds is 3. The van der Waals surface area contributed by atoms with Crippen LogP contribution >= 0.6 is 0 Å². The lowest BCUT2D eigenvalue weighted by molar-refractivity contribution is 0.402. The first-order valence-corrected chi connectivity index (χ1v) is 6.83. The van der Waals surface area contributed by atoms with Crippen LogP contribution in [0.3, 0.4) is 0 Å². The molecule has 1 aromatic heterocycles. The molecule has 98 valence electrons. The Hall–Kier alpha value is -1.36. The molecule has 1 aromatic rings. The molecule has 5 nitrogen and oxygen atoms in total. The van der Waals surface area contributed by atoms with Crippen molar-refractivity contribution < 1.29 is 0 Å². The van der Waals surface area contributed by atoms with E-state index in [1.165, 1.54) is 25.7 Å². The van der Waals surface area contributed by atoms with Crippen LogP contribution in [0, 0.1) is 0 Å². The van der Waals surface area contributed by atoms with E-state index in [1.54, 1.807) is 0 Å². The first kappa shape index (κ1) is 11.7. The molecule has 1 aliphatic carbocycles. The number of nitrogens with one attached hydrogen (secondary N) is 1. The van der Waals surface area contributed by atoms with Crippen LogP contribution in [0.2, 0.25) is 0 Å². The zero-order chi connectivity index (χ0) is 12.5. The Bertz CT molecular complexity index is 429. The third kappa shape index (κ3) is 2.14. The first-order valence-electron chi connectivity index (χ1n) is 6.83. The molecule has 18 heavy (non-hydrogen) atoms. The Morgan fingerprint density at radius 2 is 2.17 bits per heavy atom. The van der Waals surface area contributed by atoms with E-state index < -0.39 is 0 Å². The molecule has 1 saturated heterocycles. The van der Waals surface area contributed by atoms with Crippen molar-refractivity contribution in [2.75, 3.05) is 30.8 Å². The smallest absolute Gasteiger partial charge is 0.136 e. The molecule has 0 bridgehead atoms. The van der Waals surface area contributed by atoms with E-state index in [2.05, 4.69) is 15.2 Å². The van der Waals surface area contributed by atoms with Crippen LogP contribution in [-0.2, 0) is 0 Å². The van der Waals surface area contributed by atoms with Gasteiger partial charge >= 0.3 is 0 Å². The van der Waals surface area contributed by atoms with Crippen molar-refractivity contribution >= 4 is 11.6 Å². The molecule has 5 heteroatoms. The Labute approximate surface area is 108 Å². The maximum absolute atomic E-state index is 5.92. The molecule has 0 aromatic carbocycles. The normalized spacial score (nSPS) is 24.3. The van der Waals surface area contributed by atoms with Crippen LogP contribution in [0.4, 0.5) is 11.6 Å². The Kier molecular flexibility index (Phi) is 3.07. The highest BCUT2D eigenvalue weighted by Gasteiger charge is 2.26. The summed E-state index contributed by atoms with van der Waals surface area (Å²) < 4.78 is 0. The minimum atomic E-state index is 0.537. The molecule has 0 unspecified atom stereocenters. The van der Waals surface area contributed by atoms with Crippen molar-refractivity contribution in [2.24, 2.45) is 0 Å². The number of nitrogens with two attached hydrogens (primary N) is 1. The van der Waals surface area contributed by atoms with Gasteiger partial charge in [0.2, 0.25) is 0 Å². The summed E-state index contributed by atoms with van der Waals surface area (Å²) in [6.07, 6.45) is 4.88. The Morgan fingerprint density at radius 3 is 2.78 bits per heavy atom. The summed E-state index contributed by atoms with van der Waals surface area (Å²) in [6.45, 7) is 2.06. The number of hydrogen-bond acceptors (Lipinski definition) is 5. The molecule has 1 saturated carbocycles. The second kappa shape index (κ2) is 4.72. The molecule has 2 aliphatic rings. The molecule has 0 amide bonds. The van der Waals surface area contributed by atoms with Gasteiger partial charge < -0.3 is 16.0 Å². The lowest BCUT2D eigenvalue weighted by atomic mass is 9.85. The first-order chi connectivity index (χ1) is 8.76. The van der Waals surface area contributed by atoms with Crippen LogP contribution in [0.5, 0.6) is 0 Å². The van der Waals surface area contributed by atoms with Crippen LogP contribution in [-0.4, -0.2) is 36.1 Å². The quantitative estimate of drug-likeness (QED) is 0.838. The number of anilines is 2. The fourth-order valence-electron chi connectivity index (χ4n) is 2.69. The summed E-state index contributed by atoms with van der Waals surface area (Å²) in [4.78, 5) is 11.4. The maximum atomic E-state index is 5.92. The van der Waals surface area contributed by atoms with Crippen molar-refractivity contribution in [2.45, 2.75) is 37.6 Å². The van der Waals surface area contributed by atoms with Crippen LogP contribution in [0.15, 0.2) is 6.07 Å². The van der Waals surface area contributed by atoms with Gasteiger partial charge in [0.1, 0.15) is 17.5 Å². The van der Waals surface area contributed by atoms with Crippen molar-refractivity contribution in [3.63, 3.8) is 0 Å². The molecule has 3 rings (SSSR count). The van der Waals surface area contributed by atoms with Gasteiger partial charge in [0, 0.05) is 31.1 Å². The molecular weight excluding hydrogens is 226 g/mol. The minimum Gasteiger partial charge on any atom is -0.384 e. The predicted molar refractivity (Wildman–Crippen MR) is 72.7 cm³/mol. The highest BCUT2D eigenvalue weighted by Crippen LogP contribution is 2.35. The van der Waals surface area contributed by atoms with E-state index in [0.717, 1.165) is 24.7 Å². The average Bonchev–Trinajstić information content (AvgIpc) is 2.74. The number of nitrogens with zero attached hydrogens (tertiary/aromatic N) is 3. The largest absolute Gasteiger partial charge is 0.384 e. The Balaban J connectivity index is 1.81. The minimum absolute atomic E-state index is 0.537. The van der Waals surface area contributed by atoms with E-state index in [-0.39, 0.29) is 0 Å². The van der Waals surface area contributed by atoms with Crippen LogP contribution in [0.1, 0.15) is 37.4 Å². The van der Waals surface area contributed by atoms with Crippen molar-refractivity contribution in [3.8, 4) is 0 Å². The van der Waals surface area contributed by atoms with E-state index in [9.17, 15) is 0 Å². The van der Waals surface area contributed by atoms with Gasteiger partial charge in [-0.3, -0.25) is 0 Å². The second-order valence-corrected chi connectivity index (χ2v) is 5.36. The molecule has 1 aliphatic heterocycles. The van der Waals surface area contributed by atoms with E-state index >= 15 is 0 Å². The van der Waals surface area contributed by atoms with Gasteiger partial charge in [0.05, 0.1) is 0 Å². The van der Waals surface area contributed by atoms with Gasteiger partial charge in [-0.25, -0.2) is 9.97 Å². The number of hydrogen-bond donors (Lipinski definition) is 2. The average molecular weight is 247 g/mol. The highest BCUT2D eigenvalue weighted by atomic mass is 15.2. The molecule has 3 N–H and O–H groups in total. The third-order valence-corrected chi connectivity index (χ3v) is 4.14. The number of aromatic nitrogens is 2. The van der Waals surface area contributed by atoms with E-state index in [4.69, 9.17) is 10.7 Å². The van der Waals surface area contributed by atoms with Gasteiger partial charge in [-0.05, 0) is 26.3 Å². The van der Waals surface area contributed by atoms with Crippen molar-refractivity contribution in [3.05, 3.63) is 11.9 Å². The molecule has 0 spiro atoms. The SMILES string of the molecule is CN[C@@H]1CCN(c2cc(N)nc(C3CCC3)n2)C1. The monoisotopic (exact) mass is 247 g/mol. The van der Waals surface area contributed by atoms with E-state index in [1.807, 2.05) is 13.1 Å². The lowest BCUT2D eigenvalue weighted by Crippen LogP contribution is -2.30. The maximum Gasteiger partial charge on any atom is 0.136 e. The summed E-state index contributed by atoms with van der Waals surface area (Å²) >= 11 is 0. The van der Waals surface area contributed by atoms with Gasteiger partial charge in [0.25, 0.3) is 0 Å². The van der Waals surface area contributed by atoms with Crippen LogP contribution in [0.25, 0.3) is 0 Å². The zero-order valence-corrected chi connectivity index (χ0v) is 10.9. The number of likely N-dealkylation sites (N-methyl/N-ethyl adjacent to an activating group) is 1. The van der Waals surface area contributed by atoms with Gasteiger partial charge in [-0.2, -0.15) is 0 Å². The zero-order valence-electron chi connectivity index (χ0n) is 10.9. The third-order valence-electron chi connectivity index (χ3n) is 4.14. The van der Waals surface area contributed by atoms with Crippen LogP contribution < -0.4 is 16.0 Å². The molecular formula is C13H21N5. The van der Waals surface area contributed by atoms with Gasteiger partial charge in [-0.1, -0.05) is 6.42 Å². The second-order valence-electron chi connectivity index (χ2n) is 5.36. The Morgan fingerprint density at radius 1 is 1.33 bits per heavy atom. The molecule has 2 heterocycles. The molecule has 1 atom stereocenters. The van der Waals surface area contributed by atoms with E-state index in [0.29, 0.717) is 17.8 Å². The standard InChI is InChI=1S/C13H21N5/c1-15-10-5-6-18(8-10)12-7-11(14)16-13(17-12)9-3-2-4-9/h7,9-10,15H,2-6,8H2,1H3,(H2,14,16,17)/t10-/m1/s1. The summed E-state index contributed by atoms with van der Waals surface area (Å²) in [6, 6.07) is 2.47. The lowest BCUT2D eigenvalue weighted by Gasteiger charge is -2.25. The van der Waals surface area contributed by atoms with Crippen molar-refractivity contribution in [1.29, 1.82) is 0 Å².